The van der Waals surface area contributed by atoms with Crippen LogP contribution in [0.4, 0.5) is 11.6 Å². The summed E-state index contributed by atoms with van der Waals surface area (Å²) < 4.78 is 3.16. The molecule has 4 heterocycles. The third-order valence-electron chi connectivity index (χ3n) is 6.79. The van der Waals surface area contributed by atoms with Crippen molar-refractivity contribution < 1.29 is 15.0 Å². The van der Waals surface area contributed by atoms with Crippen LogP contribution < -0.4 is 21.5 Å². The van der Waals surface area contributed by atoms with Crippen LogP contribution in [-0.4, -0.2) is 61.1 Å². The van der Waals surface area contributed by atoms with E-state index in [1.54, 1.807) is 16.8 Å². The number of anilines is 2. The van der Waals surface area contributed by atoms with Gasteiger partial charge in [-0.2, -0.15) is 9.61 Å². The summed E-state index contributed by atoms with van der Waals surface area (Å²) >= 11 is 0. The summed E-state index contributed by atoms with van der Waals surface area (Å²) in [5, 5.41) is 27.0. The SMILES string of the molecule is CCc1cnn2c(NCc3ccc(=O)n(CC(=CCN)C(=O)O)c3)cc(N3CCCCC3CCO)nc12. The number of pyridine rings is 1. The van der Waals surface area contributed by atoms with Crippen LogP contribution in [0.15, 0.2) is 47.0 Å². The van der Waals surface area contributed by atoms with Gasteiger partial charge >= 0.3 is 5.97 Å². The lowest BCUT2D eigenvalue weighted by Gasteiger charge is -2.36. The maximum absolute atomic E-state index is 12.4. The van der Waals surface area contributed by atoms with Gasteiger partial charge in [-0.25, -0.2) is 9.78 Å². The normalized spacial score (nSPS) is 16.4. The number of carboxylic acids is 1. The zero-order chi connectivity index (χ0) is 26.4. The second-order valence-electron chi connectivity index (χ2n) is 9.24. The number of aliphatic hydroxyl groups is 1. The molecule has 37 heavy (non-hydrogen) atoms. The molecule has 1 aliphatic heterocycles. The van der Waals surface area contributed by atoms with Crippen molar-refractivity contribution in [3.05, 3.63) is 63.7 Å². The van der Waals surface area contributed by atoms with E-state index < -0.39 is 5.97 Å². The van der Waals surface area contributed by atoms with Gasteiger partial charge in [0, 0.05) is 56.2 Å². The van der Waals surface area contributed by atoms with Crippen molar-refractivity contribution in [1.29, 1.82) is 0 Å². The summed E-state index contributed by atoms with van der Waals surface area (Å²) in [6, 6.07) is 5.38. The van der Waals surface area contributed by atoms with Gasteiger partial charge in [0.05, 0.1) is 18.3 Å². The first-order chi connectivity index (χ1) is 17.9. The molecule has 0 bridgehead atoms. The number of piperidine rings is 1. The highest BCUT2D eigenvalue weighted by Crippen LogP contribution is 2.29. The number of aromatic nitrogens is 4. The van der Waals surface area contributed by atoms with Crippen molar-refractivity contribution in [2.75, 3.05) is 29.9 Å². The molecule has 1 atom stereocenters. The van der Waals surface area contributed by atoms with Crippen LogP contribution in [0.5, 0.6) is 0 Å². The highest BCUT2D eigenvalue weighted by molar-refractivity contribution is 5.86. The molecule has 11 heteroatoms. The number of carboxylic acid groups (broad SMARTS) is 1. The molecule has 0 aromatic carbocycles. The van der Waals surface area contributed by atoms with E-state index >= 15 is 0 Å². The second kappa shape index (κ2) is 12.0. The molecule has 1 aliphatic rings. The van der Waals surface area contributed by atoms with Gasteiger partial charge in [-0.05, 0) is 37.7 Å². The van der Waals surface area contributed by atoms with Crippen LogP contribution in [0.3, 0.4) is 0 Å². The first kappa shape index (κ1) is 26.4. The Bertz CT molecular complexity index is 1330. The van der Waals surface area contributed by atoms with Crippen LogP contribution in [0.2, 0.25) is 0 Å². The number of fused-ring (bicyclic) bond motifs is 1. The number of nitrogens with zero attached hydrogens (tertiary/aromatic N) is 5. The van der Waals surface area contributed by atoms with E-state index in [4.69, 9.17) is 10.7 Å². The Kier molecular flexibility index (Phi) is 8.57. The van der Waals surface area contributed by atoms with E-state index in [0.717, 1.165) is 60.6 Å². The van der Waals surface area contributed by atoms with Crippen molar-refractivity contribution in [3.8, 4) is 0 Å². The number of aliphatic hydroxyl groups excluding tert-OH is 1. The summed E-state index contributed by atoms with van der Waals surface area (Å²) in [5.74, 6) is 0.515. The molecule has 0 spiro atoms. The van der Waals surface area contributed by atoms with Gasteiger partial charge in [0.1, 0.15) is 11.6 Å². The Morgan fingerprint density at radius 1 is 1.32 bits per heavy atom. The molecule has 0 amide bonds. The average molecular weight is 510 g/mol. The molecule has 3 aromatic heterocycles. The van der Waals surface area contributed by atoms with Gasteiger partial charge in [0.2, 0.25) is 0 Å². The minimum Gasteiger partial charge on any atom is -0.478 e. The quantitative estimate of drug-likeness (QED) is 0.284. The van der Waals surface area contributed by atoms with Gasteiger partial charge in [-0.1, -0.05) is 19.1 Å². The highest BCUT2D eigenvalue weighted by Gasteiger charge is 2.25. The zero-order valence-corrected chi connectivity index (χ0v) is 21.1. The number of rotatable bonds is 11. The van der Waals surface area contributed by atoms with Gasteiger partial charge in [0.15, 0.2) is 5.65 Å². The lowest BCUT2D eigenvalue weighted by Crippen LogP contribution is -2.40. The van der Waals surface area contributed by atoms with Crippen molar-refractivity contribution in [2.45, 2.75) is 58.2 Å². The third kappa shape index (κ3) is 6.00. The fraction of sp³-hybridized carbons (Fsp3) is 0.462. The number of carbonyl (C=O) groups is 1. The van der Waals surface area contributed by atoms with Crippen LogP contribution >= 0.6 is 0 Å². The molecule has 198 valence electrons. The summed E-state index contributed by atoms with van der Waals surface area (Å²) in [6.45, 7) is 3.50. The molecule has 5 N–H and O–H groups in total. The number of aliphatic carboxylic acids is 1. The van der Waals surface area contributed by atoms with Crippen molar-refractivity contribution >= 4 is 23.3 Å². The molecule has 0 saturated carbocycles. The number of aryl methyl sites for hydroxylation is 1. The van der Waals surface area contributed by atoms with Crippen LogP contribution in [0, 0.1) is 0 Å². The molecule has 11 nitrogen and oxygen atoms in total. The van der Waals surface area contributed by atoms with E-state index in [-0.39, 0.29) is 36.9 Å². The number of hydrogen-bond acceptors (Lipinski definition) is 8. The fourth-order valence-electron chi connectivity index (χ4n) is 4.82. The zero-order valence-electron chi connectivity index (χ0n) is 21.1. The van der Waals surface area contributed by atoms with E-state index in [1.807, 2.05) is 12.3 Å². The molecule has 1 unspecified atom stereocenters. The average Bonchev–Trinajstić information content (AvgIpc) is 3.32. The lowest BCUT2D eigenvalue weighted by molar-refractivity contribution is -0.132. The fourth-order valence-corrected chi connectivity index (χ4v) is 4.82. The predicted molar refractivity (Wildman–Crippen MR) is 142 cm³/mol. The minimum absolute atomic E-state index is 0.0664. The molecule has 4 rings (SSSR count). The summed E-state index contributed by atoms with van der Waals surface area (Å²) in [4.78, 5) is 31.1. The minimum atomic E-state index is -1.10. The standard InChI is InChI=1S/C26H35N7O4/c1-2-19-15-29-33-22(13-23(30-25(19)33)32-11-4-3-5-21(32)9-12-34)28-14-18-6-7-24(35)31(16-18)17-20(8-10-27)26(36)37/h6-8,13,15-16,21,28,34H,2-5,9-12,14,17,27H2,1H3,(H,36,37). The highest BCUT2D eigenvalue weighted by atomic mass is 16.4. The first-order valence-corrected chi connectivity index (χ1v) is 12.8. The van der Waals surface area contributed by atoms with E-state index in [0.29, 0.717) is 13.0 Å². The van der Waals surface area contributed by atoms with Crippen LogP contribution in [0.25, 0.3) is 5.65 Å². The van der Waals surface area contributed by atoms with Gasteiger partial charge in [0.25, 0.3) is 5.56 Å². The Labute approximate surface area is 215 Å². The molecular formula is C26H35N7O4. The molecule has 0 aliphatic carbocycles. The molecular weight excluding hydrogens is 474 g/mol. The van der Waals surface area contributed by atoms with Gasteiger partial charge < -0.3 is 30.7 Å². The van der Waals surface area contributed by atoms with Gasteiger partial charge in [-0.15, -0.1) is 0 Å². The number of hydrogen-bond donors (Lipinski definition) is 4. The number of nitrogens with two attached hydrogens (primary N) is 1. The predicted octanol–water partition coefficient (Wildman–Crippen LogP) is 1.78. The van der Waals surface area contributed by atoms with E-state index in [2.05, 4.69) is 22.2 Å². The number of nitrogens with one attached hydrogen (secondary N) is 1. The largest absolute Gasteiger partial charge is 0.478 e. The smallest absolute Gasteiger partial charge is 0.333 e. The Morgan fingerprint density at radius 3 is 2.89 bits per heavy atom. The Morgan fingerprint density at radius 2 is 2.16 bits per heavy atom. The molecule has 0 radical (unpaired) electrons. The Balaban J connectivity index is 1.63. The maximum Gasteiger partial charge on any atom is 0.333 e. The topological polar surface area (TPSA) is 151 Å². The van der Waals surface area contributed by atoms with E-state index in [9.17, 15) is 19.8 Å². The molecule has 1 saturated heterocycles. The Hall–Kier alpha value is -3.70. The van der Waals surface area contributed by atoms with Gasteiger partial charge in [-0.3, -0.25) is 4.79 Å². The monoisotopic (exact) mass is 509 g/mol. The molecule has 3 aromatic rings. The van der Waals surface area contributed by atoms with Crippen LogP contribution in [0.1, 0.15) is 43.7 Å². The van der Waals surface area contributed by atoms with Crippen molar-refractivity contribution in [1.82, 2.24) is 19.2 Å². The summed E-state index contributed by atoms with van der Waals surface area (Å²) in [7, 11) is 0. The maximum atomic E-state index is 12.4. The van der Waals surface area contributed by atoms with Crippen molar-refractivity contribution in [2.24, 2.45) is 5.73 Å². The lowest BCUT2D eigenvalue weighted by atomic mass is 9.99. The first-order valence-electron chi connectivity index (χ1n) is 12.8. The van der Waals surface area contributed by atoms with Crippen molar-refractivity contribution in [3.63, 3.8) is 0 Å². The second-order valence-corrected chi connectivity index (χ2v) is 9.24. The summed E-state index contributed by atoms with van der Waals surface area (Å²) in [5.41, 5.74) is 7.90. The summed E-state index contributed by atoms with van der Waals surface area (Å²) in [6.07, 6.45) is 9.63. The van der Waals surface area contributed by atoms with Crippen LogP contribution in [-0.2, 0) is 24.3 Å². The molecule has 1 fully saturated rings. The third-order valence-corrected chi connectivity index (χ3v) is 6.79. The van der Waals surface area contributed by atoms with E-state index in [1.165, 1.54) is 16.7 Å².